The molecule has 0 saturated heterocycles. The van der Waals surface area contributed by atoms with Crippen LogP contribution in [0.3, 0.4) is 0 Å². The zero-order valence-electron chi connectivity index (χ0n) is 18.6. The molecule has 5 nitrogen and oxygen atoms in total. The predicted octanol–water partition coefficient (Wildman–Crippen LogP) is 5.43. The van der Waals surface area contributed by atoms with Gasteiger partial charge in [-0.25, -0.2) is 9.59 Å². The third kappa shape index (κ3) is 14.6. The molecule has 0 bridgehead atoms. The number of benzene rings is 1. The second-order valence-electron chi connectivity index (χ2n) is 7.19. The van der Waals surface area contributed by atoms with Crippen molar-refractivity contribution in [3.63, 3.8) is 0 Å². The van der Waals surface area contributed by atoms with Gasteiger partial charge in [0.15, 0.2) is 0 Å². The number of carboxylic acids is 2. The average molecular weight is 424 g/mol. The van der Waals surface area contributed by atoms with Crippen molar-refractivity contribution in [2.24, 2.45) is 0 Å². The molecular formula is C22H35NNa2O4. The molecular weight excluding hydrogens is 388 g/mol. The summed E-state index contributed by atoms with van der Waals surface area (Å²) in [5, 5.41) is 21.3. The Balaban J connectivity index is 0. The van der Waals surface area contributed by atoms with E-state index in [-0.39, 0.29) is 70.2 Å². The van der Waals surface area contributed by atoms with Crippen LogP contribution in [-0.2, 0) is 0 Å². The Morgan fingerprint density at radius 1 is 0.724 bits per heavy atom. The van der Waals surface area contributed by atoms with Crippen LogP contribution in [0.25, 0.3) is 0 Å². The van der Waals surface area contributed by atoms with E-state index in [1.54, 1.807) is 6.07 Å². The van der Waals surface area contributed by atoms with Crippen LogP contribution < -0.4 is 5.32 Å². The van der Waals surface area contributed by atoms with Crippen LogP contribution >= 0.6 is 0 Å². The summed E-state index contributed by atoms with van der Waals surface area (Å²) in [6.07, 6.45) is 15.6. The van der Waals surface area contributed by atoms with Crippen LogP contribution in [0.1, 0.15) is 105 Å². The summed E-state index contributed by atoms with van der Waals surface area (Å²) in [6, 6.07) is 4.36. The Morgan fingerprint density at radius 2 is 1.17 bits per heavy atom. The maximum atomic E-state index is 11.2. The van der Waals surface area contributed by atoms with Gasteiger partial charge in [-0.05, 0) is 24.6 Å². The van der Waals surface area contributed by atoms with Gasteiger partial charge in [-0.1, -0.05) is 77.6 Å². The van der Waals surface area contributed by atoms with Crippen molar-refractivity contribution in [1.29, 1.82) is 0 Å². The smallest absolute Gasteiger partial charge is 0.336 e. The molecule has 1 rings (SSSR count). The van der Waals surface area contributed by atoms with Crippen LogP contribution in [0.5, 0.6) is 0 Å². The summed E-state index contributed by atoms with van der Waals surface area (Å²) in [6.45, 7) is 3.01. The van der Waals surface area contributed by atoms with Gasteiger partial charge in [0.05, 0.1) is 11.1 Å². The molecule has 0 fully saturated rings. The second-order valence-corrected chi connectivity index (χ2v) is 7.19. The van der Waals surface area contributed by atoms with E-state index in [4.69, 9.17) is 10.2 Å². The molecule has 2 radical (unpaired) electrons. The van der Waals surface area contributed by atoms with E-state index in [9.17, 15) is 9.59 Å². The van der Waals surface area contributed by atoms with Crippen LogP contribution in [0.15, 0.2) is 18.2 Å². The summed E-state index contributed by atoms with van der Waals surface area (Å²) in [5.74, 6) is -2.44. The largest absolute Gasteiger partial charge is 0.478 e. The molecule has 0 unspecified atom stereocenters. The zero-order chi connectivity index (χ0) is 19.9. The minimum atomic E-state index is -1.22. The van der Waals surface area contributed by atoms with E-state index >= 15 is 0 Å². The van der Waals surface area contributed by atoms with Crippen LogP contribution in [-0.4, -0.2) is 87.8 Å². The number of hydrogen-bond donors (Lipinski definition) is 3. The first-order valence-corrected chi connectivity index (χ1v) is 10.4. The SMILES string of the molecule is CCCCCCCCCCCCCCNc1ccc(C(=O)O)c(C(=O)O)c1.[Na].[Na]. The maximum Gasteiger partial charge on any atom is 0.336 e. The van der Waals surface area contributed by atoms with Crippen molar-refractivity contribution in [2.45, 2.75) is 84.0 Å². The molecule has 0 amide bonds. The number of nitrogens with one attached hydrogen (secondary N) is 1. The summed E-state index contributed by atoms with van der Waals surface area (Å²) >= 11 is 0. The number of hydrogen-bond acceptors (Lipinski definition) is 3. The Hall–Kier alpha value is -0.0400. The molecule has 1 aromatic rings. The topological polar surface area (TPSA) is 86.6 Å². The molecule has 0 atom stereocenters. The molecule has 29 heavy (non-hydrogen) atoms. The molecule has 0 heterocycles. The number of carbonyl (C=O) groups is 2. The first kappa shape index (κ1) is 31.1. The van der Waals surface area contributed by atoms with E-state index in [1.807, 2.05) is 0 Å². The third-order valence-corrected chi connectivity index (χ3v) is 4.84. The van der Waals surface area contributed by atoms with E-state index in [1.165, 1.54) is 76.3 Å². The summed E-state index contributed by atoms with van der Waals surface area (Å²) in [7, 11) is 0. The first-order valence-electron chi connectivity index (χ1n) is 10.4. The predicted molar refractivity (Wildman–Crippen MR) is 121 cm³/mol. The second kappa shape index (κ2) is 19.9. The molecule has 7 heteroatoms. The van der Waals surface area contributed by atoms with Crippen molar-refractivity contribution in [3.05, 3.63) is 29.3 Å². The fraction of sp³-hybridized carbons (Fsp3) is 0.636. The van der Waals surface area contributed by atoms with Gasteiger partial charge in [0, 0.05) is 71.3 Å². The van der Waals surface area contributed by atoms with Gasteiger partial charge in [0.1, 0.15) is 0 Å². The molecule has 0 aromatic heterocycles. The standard InChI is InChI=1S/C22H35NO4.2Na/c1-2-3-4-5-6-7-8-9-10-11-12-13-16-23-18-14-15-19(21(24)25)20(17-18)22(26)27;;/h14-15,17,23H,2-13,16H2,1H3,(H,24,25)(H,26,27);;. The maximum absolute atomic E-state index is 11.2. The summed E-state index contributed by atoms with van der Waals surface area (Å²) in [4.78, 5) is 22.2. The van der Waals surface area contributed by atoms with E-state index in [0.717, 1.165) is 19.4 Å². The summed E-state index contributed by atoms with van der Waals surface area (Å²) < 4.78 is 0. The van der Waals surface area contributed by atoms with Gasteiger partial charge < -0.3 is 15.5 Å². The van der Waals surface area contributed by atoms with Crippen molar-refractivity contribution >= 4 is 76.7 Å². The monoisotopic (exact) mass is 423 g/mol. The van der Waals surface area contributed by atoms with Crippen LogP contribution in [0.4, 0.5) is 5.69 Å². The molecule has 1 aromatic carbocycles. The number of rotatable bonds is 16. The van der Waals surface area contributed by atoms with Crippen LogP contribution in [0.2, 0.25) is 0 Å². The molecule has 0 spiro atoms. The van der Waals surface area contributed by atoms with Crippen molar-refractivity contribution in [3.8, 4) is 0 Å². The summed E-state index contributed by atoms with van der Waals surface area (Å²) in [5.41, 5.74) is 0.293. The fourth-order valence-electron chi connectivity index (χ4n) is 3.22. The fourth-order valence-corrected chi connectivity index (χ4v) is 3.22. The van der Waals surface area contributed by atoms with Gasteiger partial charge in [-0.2, -0.15) is 0 Å². The molecule has 0 saturated carbocycles. The van der Waals surface area contributed by atoms with E-state index < -0.39 is 11.9 Å². The zero-order valence-corrected chi connectivity index (χ0v) is 22.6. The van der Waals surface area contributed by atoms with Gasteiger partial charge >= 0.3 is 11.9 Å². The van der Waals surface area contributed by atoms with Gasteiger partial charge in [-0.3, -0.25) is 0 Å². The minimum Gasteiger partial charge on any atom is -0.478 e. The van der Waals surface area contributed by atoms with Crippen molar-refractivity contribution < 1.29 is 19.8 Å². The Kier molecular flexibility index (Phi) is 21.4. The van der Waals surface area contributed by atoms with Crippen LogP contribution in [0, 0.1) is 0 Å². The number of carboxylic acid groups (broad SMARTS) is 2. The molecule has 0 aliphatic heterocycles. The van der Waals surface area contributed by atoms with Gasteiger partial charge in [0.2, 0.25) is 0 Å². The normalized spacial score (nSPS) is 9.97. The quantitative estimate of drug-likeness (QED) is 0.244. The molecule has 3 N–H and O–H groups in total. The number of unbranched alkanes of at least 4 members (excludes halogenated alkanes) is 11. The minimum absolute atomic E-state index is 0. The molecule has 0 aliphatic carbocycles. The number of anilines is 1. The van der Waals surface area contributed by atoms with Crippen molar-refractivity contribution in [2.75, 3.05) is 11.9 Å². The van der Waals surface area contributed by atoms with Gasteiger partial charge in [-0.15, -0.1) is 0 Å². The average Bonchev–Trinajstić information content (AvgIpc) is 2.65. The van der Waals surface area contributed by atoms with E-state index in [0.29, 0.717) is 5.69 Å². The van der Waals surface area contributed by atoms with Gasteiger partial charge in [0.25, 0.3) is 0 Å². The van der Waals surface area contributed by atoms with Crippen molar-refractivity contribution in [1.82, 2.24) is 0 Å². The Labute approximate surface area is 220 Å². The number of aromatic carboxylic acids is 2. The molecule has 0 aliphatic rings. The Morgan fingerprint density at radius 3 is 1.62 bits per heavy atom. The Bertz CT molecular complexity index is 582. The third-order valence-electron chi connectivity index (χ3n) is 4.84. The van der Waals surface area contributed by atoms with E-state index in [2.05, 4.69) is 12.2 Å². The molecule has 154 valence electrons. The first-order chi connectivity index (χ1) is 13.1.